The molecule has 5 heteroatoms. The van der Waals surface area contributed by atoms with Crippen molar-refractivity contribution in [2.45, 2.75) is 30.5 Å². The van der Waals surface area contributed by atoms with Gasteiger partial charge in [0.25, 0.3) is 0 Å². The molecule has 1 N–H and O–H groups in total. The maximum absolute atomic E-state index is 12.0. The number of hydrogen-bond donors (Lipinski definition) is 1. The summed E-state index contributed by atoms with van der Waals surface area (Å²) in [7, 11) is -3.39. The molecule has 0 saturated heterocycles. The van der Waals surface area contributed by atoms with Gasteiger partial charge in [-0.3, -0.25) is 0 Å². The Kier molecular flexibility index (Phi) is 4.52. The molecule has 0 radical (unpaired) electrons. The summed E-state index contributed by atoms with van der Waals surface area (Å²) >= 11 is 3.31. The van der Waals surface area contributed by atoms with Gasteiger partial charge in [-0.05, 0) is 31.0 Å². The zero-order chi connectivity index (χ0) is 12.3. The van der Waals surface area contributed by atoms with Crippen LogP contribution in [0.2, 0.25) is 0 Å². The number of benzene rings is 1. The van der Waals surface area contributed by atoms with Gasteiger partial charge in [0.05, 0.1) is 4.90 Å². The Morgan fingerprint density at radius 2 is 2.00 bits per heavy atom. The smallest absolute Gasteiger partial charge is 0.210 e. The number of alkyl halides is 1. The topological polar surface area (TPSA) is 46.2 Å². The van der Waals surface area contributed by atoms with E-state index >= 15 is 0 Å². The molecule has 90 valence electrons. The summed E-state index contributed by atoms with van der Waals surface area (Å²) in [5.41, 5.74) is 1.71. The van der Waals surface area contributed by atoms with Crippen molar-refractivity contribution in [1.82, 2.24) is 4.72 Å². The summed E-state index contributed by atoms with van der Waals surface area (Å²) in [5.74, 6) is 0. The Balaban J connectivity index is 3.02. The van der Waals surface area contributed by atoms with Crippen molar-refractivity contribution in [1.29, 1.82) is 0 Å². The van der Waals surface area contributed by atoms with Crippen LogP contribution in [-0.2, 0) is 10.0 Å². The molecule has 0 aliphatic heterocycles. The molecule has 0 aromatic heterocycles. The quantitative estimate of drug-likeness (QED) is 0.868. The number of halogens is 1. The Bertz CT molecular complexity index is 469. The van der Waals surface area contributed by atoms with Crippen LogP contribution in [0, 0.1) is 13.8 Å². The van der Waals surface area contributed by atoms with Gasteiger partial charge in [-0.25, -0.2) is 13.1 Å². The molecule has 1 atom stereocenters. The highest BCUT2D eigenvalue weighted by Crippen LogP contribution is 2.16. The highest BCUT2D eigenvalue weighted by atomic mass is 79.9. The number of sulfonamides is 1. The monoisotopic (exact) mass is 305 g/mol. The van der Waals surface area contributed by atoms with E-state index in [9.17, 15) is 8.42 Å². The molecule has 0 fully saturated rings. The minimum Gasteiger partial charge on any atom is -0.210 e. The maximum atomic E-state index is 12.0. The van der Waals surface area contributed by atoms with Crippen molar-refractivity contribution < 1.29 is 8.42 Å². The summed E-state index contributed by atoms with van der Waals surface area (Å²) in [4.78, 5) is 0.480. The van der Waals surface area contributed by atoms with Gasteiger partial charge in [-0.15, -0.1) is 0 Å². The molecule has 0 bridgehead atoms. The van der Waals surface area contributed by atoms with Gasteiger partial charge >= 0.3 is 0 Å². The van der Waals surface area contributed by atoms with Crippen LogP contribution in [0.1, 0.15) is 18.1 Å². The molecule has 0 aliphatic carbocycles. The van der Waals surface area contributed by atoms with Crippen molar-refractivity contribution in [3.63, 3.8) is 0 Å². The summed E-state index contributed by atoms with van der Waals surface area (Å²) in [6.07, 6.45) is 0. The molecule has 1 aromatic rings. The normalized spacial score (nSPS) is 13.8. The first-order valence-electron chi connectivity index (χ1n) is 5.04. The summed E-state index contributed by atoms with van der Waals surface area (Å²) < 4.78 is 26.5. The molecule has 0 heterocycles. The lowest BCUT2D eigenvalue weighted by atomic mass is 10.2. The van der Waals surface area contributed by atoms with Gasteiger partial charge in [0.1, 0.15) is 0 Å². The minimum absolute atomic E-state index is 0.118. The highest BCUT2D eigenvalue weighted by molar-refractivity contribution is 9.09. The van der Waals surface area contributed by atoms with Crippen molar-refractivity contribution >= 4 is 26.0 Å². The van der Waals surface area contributed by atoms with Crippen molar-refractivity contribution in [3.05, 3.63) is 29.3 Å². The number of aryl methyl sites for hydroxylation is 2. The van der Waals surface area contributed by atoms with Gasteiger partial charge < -0.3 is 0 Å². The average molecular weight is 306 g/mol. The standard InChI is InChI=1S/C11H16BrNO2S/c1-8-4-5-9(2)11(6-8)16(14,15)13-7-10(3)12/h4-6,10,13H,7H2,1-3H3. The molecule has 1 aromatic carbocycles. The SMILES string of the molecule is Cc1ccc(C)c(S(=O)(=O)NCC(C)Br)c1. The minimum atomic E-state index is -3.39. The van der Waals surface area contributed by atoms with E-state index < -0.39 is 10.0 Å². The van der Waals surface area contributed by atoms with Crippen LogP contribution in [0.15, 0.2) is 23.1 Å². The first-order chi connectivity index (χ1) is 7.33. The van der Waals surface area contributed by atoms with Crippen molar-refractivity contribution in [2.75, 3.05) is 6.54 Å². The van der Waals surface area contributed by atoms with E-state index in [0.29, 0.717) is 11.4 Å². The van der Waals surface area contributed by atoms with Crippen molar-refractivity contribution in [2.24, 2.45) is 0 Å². The third-order valence-electron chi connectivity index (χ3n) is 2.19. The number of hydrogen-bond acceptors (Lipinski definition) is 2. The van der Waals surface area contributed by atoms with Crippen LogP contribution >= 0.6 is 15.9 Å². The predicted molar refractivity (Wildman–Crippen MR) is 69.5 cm³/mol. The summed E-state index contributed by atoms with van der Waals surface area (Å²) in [5, 5.41) is 0. The second-order valence-electron chi connectivity index (χ2n) is 3.90. The van der Waals surface area contributed by atoms with E-state index in [1.165, 1.54) is 0 Å². The molecule has 0 saturated carbocycles. The molecule has 3 nitrogen and oxygen atoms in total. The largest absolute Gasteiger partial charge is 0.240 e. The lowest BCUT2D eigenvalue weighted by Gasteiger charge is -2.10. The first-order valence-corrected chi connectivity index (χ1v) is 7.44. The molecule has 16 heavy (non-hydrogen) atoms. The van der Waals surface area contributed by atoms with E-state index in [1.807, 2.05) is 26.0 Å². The molecule has 0 spiro atoms. The Labute approximate surface area is 105 Å². The van der Waals surface area contributed by atoms with Crippen LogP contribution in [0.5, 0.6) is 0 Å². The van der Waals surface area contributed by atoms with Crippen LogP contribution in [0.3, 0.4) is 0 Å². The lowest BCUT2D eigenvalue weighted by molar-refractivity contribution is 0.581. The van der Waals surface area contributed by atoms with E-state index in [0.717, 1.165) is 11.1 Å². The lowest BCUT2D eigenvalue weighted by Crippen LogP contribution is -2.29. The van der Waals surface area contributed by atoms with E-state index in [4.69, 9.17) is 0 Å². The molecule has 1 unspecified atom stereocenters. The van der Waals surface area contributed by atoms with E-state index in [-0.39, 0.29) is 4.83 Å². The van der Waals surface area contributed by atoms with E-state index in [1.54, 1.807) is 13.0 Å². The van der Waals surface area contributed by atoms with Gasteiger partial charge in [0, 0.05) is 11.4 Å². The first kappa shape index (κ1) is 13.7. The second-order valence-corrected chi connectivity index (χ2v) is 7.20. The van der Waals surface area contributed by atoms with Gasteiger partial charge in [-0.2, -0.15) is 0 Å². The summed E-state index contributed by atoms with van der Waals surface area (Å²) in [6, 6.07) is 5.42. The Morgan fingerprint density at radius 1 is 1.38 bits per heavy atom. The summed E-state index contributed by atoms with van der Waals surface area (Å²) in [6.45, 7) is 5.96. The Hall–Kier alpha value is -0.390. The highest BCUT2D eigenvalue weighted by Gasteiger charge is 2.16. The Morgan fingerprint density at radius 3 is 2.56 bits per heavy atom. The third kappa shape index (κ3) is 3.57. The fraction of sp³-hybridized carbons (Fsp3) is 0.455. The molecular formula is C11H16BrNO2S. The molecule has 0 aliphatic rings. The van der Waals surface area contributed by atoms with Crippen LogP contribution in [0.25, 0.3) is 0 Å². The van der Waals surface area contributed by atoms with Crippen LogP contribution in [0.4, 0.5) is 0 Å². The zero-order valence-electron chi connectivity index (χ0n) is 9.62. The van der Waals surface area contributed by atoms with Gasteiger partial charge in [0.15, 0.2) is 0 Å². The molecule has 1 rings (SSSR count). The number of nitrogens with one attached hydrogen (secondary N) is 1. The van der Waals surface area contributed by atoms with Crippen LogP contribution in [-0.4, -0.2) is 19.8 Å². The van der Waals surface area contributed by atoms with Gasteiger partial charge in [0.2, 0.25) is 10.0 Å². The molecular weight excluding hydrogens is 290 g/mol. The second kappa shape index (κ2) is 5.29. The fourth-order valence-corrected chi connectivity index (χ4v) is 3.13. The molecule has 0 amide bonds. The van der Waals surface area contributed by atoms with Gasteiger partial charge in [-0.1, -0.05) is 35.0 Å². The zero-order valence-corrected chi connectivity index (χ0v) is 12.0. The maximum Gasteiger partial charge on any atom is 0.240 e. The third-order valence-corrected chi connectivity index (χ3v) is 4.08. The van der Waals surface area contributed by atoms with Crippen molar-refractivity contribution in [3.8, 4) is 0 Å². The van der Waals surface area contributed by atoms with Crippen LogP contribution < -0.4 is 4.72 Å². The predicted octanol–water partition coefficient (Wildman–Crippen LogP) is 2.37. The average Bonchev–Trinajstić information content (AvgIpc) is 2.19. The number of rotatable bonds is 4. The van der Waals surface area contributed by atoms with E-state index in [2.05, 4.69) is 20.7 Å². The fourth-order valence-electron chi connectivity index (χ4n) is 1.30.